The average molecular weight is 1030 g/mol. The molecule has 2 saturated heterocycles. The summed E-state index contributed by atoms with van der Waals surface area (Å²) in [6.45, 7) is 12.7. The number of ether oxygens (including phenoxy) is 6. The molecule has 0 aromatic rings. The molecule has 4 aliphatic rings. The molecule has 412 valence electrons. The fourth-order valence-corrected chi connectivity index (χ4v) is 10.7. The predicted molar refractivity (Wildman–Crippen MR) is 271 cm³/mol. The van der Waals surface area contributed by atoms with E-state index in [9.17, 15) is 49.2 Å². The molecule has 3 aliphatic heterocycles. The highest BCUT2D eigenvalue weighted by Crippen LogP contribution is 2.38. The first-order valence-corrected chi connectivity index (χ1v) is 26.4. The van der Waals surface area contributed by atoms with Gasteiger partial charge in [-0.05, 0) is 114 Å². The molecule has 3 fully saturated rings. The topological polar surface area (TPSA) is 242 Å². The summed E-state index contributed by atoms with van der Waals surface area (Å²) in [5.41, 5.74) is -0.277. The molecule has 1 aliphatic carbocycles. The van der Waals surface area contributed by atoms with Gasteiger partial charge in [0.15, 0.2) is 5.78 Å². The second-order valence-corrected chi connectivity index (χ2v) is 21.8. The molecular formula is C56H87NO16. The third kappa shape index (κ3) is 16.0. The molecule has 1 amide bonds. The van der Waals surface area contributed by atoms with Crippen LogP contribution >= 0.6 is 0 Å². The highest BCUT2D eigenvalue weighted by molar-refractivity contribution is 6.39. The number of fused-ring (bicyclic) bond motifs is 3. The summed E-state index contributed by atoms with van der Waals surface area (Å²) in [7, 11) is 4.43. The van der Waals surface area contributed by atoms with Crippen molar-refractivity contribution in [2.24, 2.45) is 40.9 Å². The van der Waals surface area contributed by atoms with E-state index in [1.54, 1.807) is 40.9 Å². The number of cyclic esters (lactones) is 1. The van der Waals surface area contributed by atoms with Crippen LogP contribution in [0.5, 0.6) is 0 Å². The summed E-state index contributed by atoms with van der Waals surface area (Å²) in [4.78, 5) is 85.4. The molecular weight excluding hydrogens is 943 g/mol. The van der Waals surface area contributed by atoms with Crippen molar-refractivity contribution in [3.63, 3.8) is 0 Å². The van der Waals surface area contributed by atoms with Gasteiger partial charge in [0.1, 0.15) is 41.7 Å². The van der Waals surface area contributed by atoms with Crippen molar-refractivity contribution in [2.75, 3.05) is 41.1 Å². The van der Waals surface area contributed by atoms with Crippen molar-refractivity contribution < 1.29 is 77.6 Å². The molecule has 4 rings (SSSR count). The van der Waals surface area contributed by atoms with Crippen LogP contribution in [0.4, 0.5) is 0 Å². The van der Waals surface area contributed by atoms with Gasteiger partial charge in [0.25, 0.3) is 11.7 Å². The van der Waals surface area contributed by atoms with E-state index < -0.39 is 120 Å². The third-order valence-electron chi connectivity index (χ3n) is 15.9. The summed E-state index contributed by atoms with van der Waals surface area (Å²) in [5, 5.41) is 43.1. The van der Waals surface area contributed by atoms with Crippen LogP contribution in [0.2, 0.25) is 0 Å². The SMILES string of the molecule is COC1C[C@@H]2CC[C@@H](C)[C@@](O)(O2)C(=O)C(=O)N2CCCC[C@H]2C(=O)O[C@H]([C@H](C)C[C@@H]2CC[C@@H](OC(=O)C(C)(CO)CO)[C@H](OC)C2)CC(=O)[C@H](C)/C=C(\C)[C@@H](O)C(OC)C(=O)[C@H](C)C[C@H](C)/C=C/C=C/C=C/1C. The highest BCUT2D eigenvalue weighted by Gasteiger charge is 2.53. The van der Waals surface area contributed by atoms with Crippen LogP contribution in [-0.2, 0) is 57.2 Å². The van der Waals surface area contributed by atoms with E-state index in [0.29, 0.717) is 69.8 Å². The number of Topliss-reactive ketones (excluding diaryl/α,β-unsaturated/α-hetero) is 3. The largest absolute Gasteiger partial charge is 0.460 e. The van der Waals surface area contributed by atoms with Gasteiger partial charge >= 0.3 is 11.9 Å². The lowest BCUT2D eigenvalue weighted by Gasteiger charge is -2.42. The molecule has 17 nitrogen and oxygen atoms in total. The summed E-state index contributed by atoms with van der Waals surface area (Å²) < 4.78 is 35.4. The molecule has 2 bridgehead atoms. The summed E-state index contributed by atoms with van der Waals surface area (Å²) in [6.07, 6.45) is 9.76. The van der Waals surface area contributed by atoms with E-state index in [1.807, 2.05) is 51.2 Å². The van der Waals surface area contributed by atoms with Crippen molar-refractivity contribution >= 4 is 35.2 Å². The van der Waals surface area contributed by atoms with E-state index in [-0.39, 0.29) is 42.8 Å². The second kappa shape index (κ2) is 28.3. The summed E-state index contributed by atoms with van der Waals surface area (Å²) in [6, 6.07) is -1.20. The Labute approximate surface area is 433 Å². The van der Waals surface area contributed by atoms with Crippen LogP contribution in [0.1, 0.15) is 132 Å². The van der Waals surface area contributed by atoms with E-state index >= 15 is 0 Å². The van der Waals surface area contributed by atoms with Gasteiger partial charge in [-0.25, -0.2) is 4.79 Å². The molecule has 17 heteroatoms. The van der Waals surface area contributed by atoms with Gasteiger partial charge in [0.2, 0.25) is 5.79 Å². The average Bonchev–Trinajstić information content (AvgIpc) is 3.37. The number of aliphatic hydroxyl groups is 4. The minimum absolute atomic E-state index is 0.00697. The predicted octanol–water partition coefficient (Wildman–Crippen LogP) is 5.72. The van der Waals surface area contributed by atoms with Crippen molar-refractivity contribution in [3.8, 4) is 0 Å². The number of methoxy groups -OCH3 is 3. The first kappa shape index (κ1) is 61.6. The smallest absolute Gasteiger partial charge is 0.329 e. The summed E-state index contributed by atoms with van der Waals surface area (Å²) in [5.74, 6) is -9.36. The molecule has 15 atom stereocenters. The van der Waals surface area contributed by atoms with E-state index in [2.05, 4.69) is 0 Å². The Morgan fingerprint density at radius 1 is 0.863 bits per heavy atom. The van der Waals surface area contributed by atoms with Gasteiger partial charge < -0.3 is 53.7 Å². The zero-order valence-corrected chi connectivity index (χ0v) is 45.3. The van der Waals surface area contributed by atoms with Crippen molar-refractivity contribution in [1.82, 2.24) is 4.90 Å². The Morgan fingerprint density at radius 2 is 1.56 bits per heavy atom. The molecule has 0 spiro atoms. The monoisotopic (exact) mass is 1030 g/mol. The lowest BCUT2D eigenvalue weighted by molar-refractivity contribution is -0.265. The van der Waals surface area contributed by atoms with Gasteiger partial charge in [-0.2, -0.15) is 0 Å². The number of piperidine rings is 1. The Balaban J connectivity index is 1.69. The molecule has 4 N–H and O–H groups in total. The maximum Gasteiger partial charge on any atom is 0.329 e. The van der Waals surface area contributed by atoms with Crippen LogP contribution in [0.3, 0.4) is 0 Å². The van der Waals surface area contributed by atoms with Crippen LogP contribution < -0.4 is 0 Å². The molecule has 2 unspecified atom stereocenters. The third-order valence-corrected chi connectivity index (χ3v) is 15.9. The van der Waals surface area contributed by atoms with Gasteiger partial charge in [-0.1, -0.05) is 71.1 Å². The number of allylic oxidation sites excluding steroid dienone is 6. The van der Waals surface area contributed by atoms with Crippen LogP contribution in [0.15, 0.2) is 47.6 Å². The van der Waals surface area contributed by atoms with Crippen molar-refractivity contribution in [2.45, 2.75) is 187 Å². The number of ketones is 3. The Hall–Kier alpha value is -3.94. The number of amides is 1. The molecule has 0 aromatic carbocycles. The fraction of sp³-hybridized carbons (Fsp3) is 0.750. The summed E-state index contributed by atoms with van der Waals surface area (Å²) >= 11 is 0. The Kier molecular flexibility index (Phi) is 23.9. The number of hydrogen-bond acceptors (Lipinski definition) is 16. The van der Waals surface area contributed by atoms with Gasteiger partial charge in [-0.3, -0.25) is 24.0 Å². The lowest BCUT2D eigenvalue weighted by Crippen LogP contribution is -2.61. The number of rotatable bonds is 10. The minimum atomic E-state index is -2.47. The van der Waals surface area contributed by atoms with Crippen LogP contribution in [0, 0.1) is 40.9 Å². The van der Waals surface area contributed by atoms with Crippen LogP contribution in [-0.4, -0.2) is 156 Å². The normalized spacial score (nSPS) is 37.4. The first-order valence-electron chi connectivity index (χ1n) is 26.4. The highest BCUT2D eigenvalue weighted by atomic mass is 16.6. The number of esters is 2. The van der Waals surface area contributed by atoms with Gasteiger partial charge in [0, 0.05) is 58.5 Å². The zero-order chi connectivity index (χ0) is 54.4. The molecule has 0 aromatic heterocycles. The number of nitrogens with zero attached hydrogens (tertiary/aromatic N) is 1. The molecule has 0 radical (unpaired) electrons. The lowest BCUT2D eigenvalue weighted by atomic mass is 9.78. The first-order chi connectivity index (χ1) is 34.5. The molecule has 3 heterocycles. The maximum atomic E-state index is 14.5. The van der Waals surface area contributed by atoms with Crippen molar-refractivity contribution in [1.29, 1.82) is 0 Å². The molecule has 1 saturated carbocycles. The van der Waals surface area contributed by atoms with Crippen molar-refractivity contribution in [3.05, 3.63) is 47.6 Å². The van der Waals surface area contributed by atoms with Gasteiger partial charge in [-0.15, -0.1) is 0 Å². The zero-order valence-electron chi connectivity index (χ0n) is 45.3. The number of hydrogen-bond donors (Lipinski definition) is 4. The molecule has 73 heavy (non-hydrogen) atoms. The second-order valence-electron chi connectivity index (χ2n) is 21.8. The maximum absolute atomic E-state index is 14.5. The fourth-order valence-electron chi connectivity index (χ4n) is 10.7. The number of carbonyl (C=O) groups excluding carboxylic acids is 6. The Bertz CT molecular complexity index is 2010. The van der Waals surface area contributed by atoms with E-state index in [4.69, 9.17) is 28.4 Å². The van der Waals surface area contributed by atoms with E-state index in [0.717, 1.165) is 10.5 Å². The number of aliphatic hydroxyl groups excluding tert-OH is 3. The standard InChI is InChI=1S/C56H87NO16/c1-33-17-13-12-14-18-34(2)45(68-9)29-41-22-20-39(7)56(67,73-41)51(63)52(64)57-24-16-15-19-42(57)53(65)71-46(30-43(60)35(3)26-38(6)49(62)50(70-11)48(61)37(5)25-33)36(4)27-40-21-23-44(47(28-40)69-10)72-54(66)55(8,31-58)32-59/h12-14,17-18,26,33,35-37,39-42,44-47,49-50,58-59,62,67H,15-16,19-25,27-32H2,1-11H3/b14-12+,17-13+,34-18+,38-26+/t33-,35-,36-,37-,39-,40+,41+,42+,44-,45?,46+,47-,49-,50?,56-/m1/s1. The van der Waals surface area contributed by atoms with E-state index in [1.165, 1.54) is 21.1 Å². The van der Waals surface area contributed by atoms with Gasteiger partial charge in [0.05, 0.1) is 31.5 Å². The minimum Gasteiger partial charge on any atom is -0.460 e. The van der Waals surface area contributed by atoms with Crippen LogP contribution in [0.25, 0.3) is 0 Å². The Morgan fingerprint density at radius 3 is 2.21 bits per heavy atom. The quantitative estimate of drug-likeness (QED) is 0.116. The number of carbonyl (C=O) groups is 6.